The fourth-order valence-electron chi connectivity index (χ4n) is 3.10. The molecule has 1 N–H and O–H groups in total. The minimum absolute atomic E-state index is 0.197. The van der Waals surface area contributed by atoms with Crippen molar-refractivity contribution in [2.45, 2.75) is 27.3 Å². The lowest BCUT2D eigenvalue weighted by Gasteiger charge is -2.10. The Kier molecular flexibility index (Phi) is 7.59. The van der Waals surface area contributed by atoms with Crippen molar-refractivity contribution in [3.63, 3.8) is 0 Å². The Hall–Kier alpha value is -3.96. The second-order valence-corrected chi connectivity index (χ2v) is 8.33. The first kappa shape index (κ1) is 23.7. The zero-order valence-corrected chi connectivity index (χ0v) is 19.4. The van der Waals surface area contributed by atoms with Crippen molar-refractivity contribution in [2.24, 2.45) is 0 Å². The number of carbonyl (C=O) groups is 2. The second kappa shape index (κ2) is 10.6. The largest absolute Gasteiger partial charge is 0.463 e. The average molecular weight is 462 g/mol. The molecule has 1 heterocycles. The topological polar surface area (TPSA) is 101 Å². The number of ether oxygens (including phenoxy) is 1. The van der Waals surface area contributed by atoms with Crippen LogP contribution >= 0.6 is 11.3 Å². The molecule has 33 heavy (non-hydrogen) atoms. The van der Waals surface area contributed by atoms with Gasteiger partial charge >= 0.3 is 5.97 Å². The summed E-state index contributed by atoms with van der Waals surface area (Å²) in [4.78, 5) is 37.9. The summed E-state index contributed by atoms with van der Waals surface area (Å²) in [5.41, 5.74) is 3.49. The molecule has 168 valence electrons. The second-order valence-electron chi connectivity index (χ2n) is 7.27. The van der Waals surface area contributed by atoms with Gasteiger partial charge in [-0.25, -0.2) is 4.79 Å². The summed E-state index contributed by atoms with van der Waals surface area (Å²) in [7, 11) is 0. The van der Waals surface area contributed by atoms with Gasteiger partial charge in [0.1, 0.15) is 11.2 Å². The lowest BCUT2D eigenvalue weighted by Crippen LogP contribution is -2.36. The highest BCUT2D eigenvalue weighted by Gasteiger charge is 2.12. The van der Waals surface area contributed by atoms with Crippen LogP contribution in [-0.4, -0.2) is 23.1 Å². The maximum absolute atomic E-state index is 13.1. The van der Waals surface area contributed by atoms with E-state index in [9.17, 15) is 14.4 Å². The third-order valence-electron chi connectivity index (χ3n) is 4.98. The van der Waals surface area contributed by atoms with E-state index >= 15 is 0 Å². The molecule has 3 rings (SSSR count). The van der Waals surface area contributed by atoms with E-state index in [1.54, 1.807) is 43.3 Å². The normalized spacial score (nSPS) is 11.8. The Morgan fingerprint density at radius 3 is 2.58 bits per heavy atom. The summed E-state index contributed by atoms with van der Waals surface area (Å²) in [6.45, 7) is 5.49. The number of aryl methyl sites for hydroxylation is 1. The number of anilines is 1. The van der Waals surface area contributed by atoms with Gasteiger partial charge in [0.2, 0.25) is 5.91 Å². The molecule has 0 spiro atoms. The number of aromatic nitrogens is 1. The molecule has 0 aliphatic rings. The van der Waals surface area contributed by atoms with Gasteiger partial charge in [-0.1, -0.05) is 24.3 Å². The summed E-state index contributed by atoms with van der Waals surface area (Å²) in [6.07, 6.45) is 2.88. The van der Waals surface area contributed by atoms with Crippen molar-refractivity contribution in [1.29, 1.82) is 5.26 Å². The summed E-state index contributed by atoms with van der Waals surface area (Å²) in [5.74, 6) is -0.973. The molecule has 1 aromatic heterocycles. The smallest absolute Gasteiger partial charge is 0.333 e. The van der Waals surface area contributed by atoms with Gasteiger partial charge in [0, 0.05) is 5.69 Å². The van der Waals surface area contributed by atoms with Crippen molar-refractivity contribution in [1.82, 2.24) is 4.57 Å². The fraction of sp³-hybridized carbons (Fsp3) is 0.200. The molecule has 0 aliphatic carbocycles. The first-order valence-corrected chi connectivity index (χ1v) is 11.1. The third kappa shape index (κ3) is 5.84. The van der Waals surface area contributed by atoms with Crippen LogP contribution in [-0.2, 0) is 20.9 Å². The summed E-state index contributed by atoms with van der Waals surface area (Å²) < 4.78 is 6.91. The van der Waals surface area contributed by atoms with Crippen LogP contribution in [0.15, 0.2) is 47.3 Å². The number of nitrogens with one attached hydrogen (secondary N) is 1. The number of benzene rings is 2. The van der Waals surface area contributed by atoms with Crippen molar-refractivity contribution < 1.29 is 14.3 Å². The molecule has 0 saturated heterocycles. The van der Waals surface area contributed by atoms with E-state index in [-0.39, 0.29) is 19.1 Å². The molecule has 0 unspecified atom stereocenters. The van der Waals surface area contributed by atoms with Gasteiger partial charge in [0.15, 0.2) is 0 Å². The van der Waals surface area contributed by atoms with Gasteiger partial charge in [0.05, 0.1) is 28.8 Å². The molecule has 0 atom stereocenters. The van der Waals surface area contributed by atoms with Crippen LogP contribution in [0.2, 0.25) is 0 Å². The van der Waals surface area contributed by atoms with Gasteiger partial charge in [-0.3, -0.25) is 14.2 Å². The SMILES string of the molecule is CCOC(=O)/C=c1\s/c(=C/c2ccc(C#N)cc2)c(=O)n1CC(=O)Nc1cccc(C)c1C. The maximum Gasteiger partial charge on any atom is 0.333 e. The predicted molar refractivity (Wildman–Crippen MR) is 128 cm³/mol. The minimum Gasteiger partial charge on any atom is -0.463 e. The highest BCUT2D eigenvalue weighted by atomic mass is 32.1. The lowest BCUT2D eigenvalue weighted by molar-refractivity contribution is -0.135. The number of thiazole rings is 1. The van der Waals surface area contributed by atoms with Crippen LogP contribution in [0.1, 0.15) is 29.2 Å². The molecule has 0 saturated carbocycles. The molecule has 0 aliphatic heterocycles. The van der Waals surface area contributed by atoms with Gasteiger partial charge in [-0.2, -0.15) is 5.26 Å². The third-order valence-corrected chi connectivity index (χ3v) is 6.04. The van der Waals surface area contributed by atoms with Crippen LogP contribution in [0.25, 0.3) is 12.2 Å². The number of nitriles is 1. The average Bonchev–Trinajstić information content (AvgIpc) is 3.06. The van der Waals surface area contributed by atoms with Crippen LogP contribution in [0.3, 0.4) is 0 Å². The van der Waals surface area contributed by atoms with E-state index in [0.717, 1.165) is 28.0 Å². The maximum atomic E-state index is 13.1. The molecule has 8 heteroatoms. The molecule has 0 radical (unpaired) electrons. The number of rotatable bonds is 6. The first-order valence-electron chi connectivity index (χ1n) is 10.3. The van der Waals surface area contributed by atoms with E-state index in [0.29, 0.717) is 20.4 Å². The fourth-order valence-corrected chi connectivity index (χ4v) is 4.13. The Morgan fingerprint density at radius 1 is 1.18 bits per heavy atom. The molecule has 7 nitrogen and oxygen atoms in total. The quantitative estimate of drug-likeness (QED) is 0.567. The van der Waals surface area contributed by atoms with Crippen molar-refractivity contribution in [3.8, 4) is 6.07 Å². The molecule has 1 amide bonds. The predicted octanol–water partition coefficient (Wildman–Crippen LogP) is 2.21. The zero-order chi connectivity index (χ0) is 24.0. The summed E-state index contributed by atoms with van der Waals surface area (Å²) >= 11 is 1.09. The first-order chi connectivity index (χ1) is 15.8. The molecule has 2 aromatic carbocycles. The molecule has 3 aromatic rings. The van der Waals surface area contributed by atoms with Crippen LogP contribution in [0, 0.1) is 25.2 Å². The van der Waals surface area contributed by atoms with Gasteiger partial charge in [-0.15, -0.1) is 11.3 Å². The minimum atomic E-state index is -0.590. The molecule has 0 fully saturated rings. The number of carbonyl (C=O) groups excluding carboxylic acids is 2. The van der Waals surface area contributed by atoms with E-state index < -0.39 is 11.5 Å². The highest BCUT2D eigenvalue weighted by molar-refractivity contribution is 7.07. The Balaban J connectivity index is 2.01. The van der Waals surface area contributed by atoms with E-state index in [1.807, 2.05) is 32.0 Å². The number of esters is 1. The number of hydrogen-bond donors (Lipinski definition) is 1. The van der Waals surface area contributed by atoms with Crippen LogP contribution in [0.4, 0.5) is 5.69 Å². The monoisotopic (exact) mass is 461 g/mol. The Bertz CT molecular complexity index is 1410. The molecular weight excluding hydrogens is 438 g/mol. The van der Waals surface area contributed by atoms with E-state index in [2.05, 4.69) is 5.32 Å². The van der Waals surface area contributed by atoms with Gasteiger partial charge in [-0.05, 0) is 61.7 Å². The highest BCUT2D eigenvalue weighted by Crippen LogP contribution is 2.17. The lowest BCUT2D eigenvalue weighted by atomic mass is 10.1. The van der Waals surface area contributed by atoms with Crippen molar-refractivity contribution in [3.05, 3.63) is 84.3 Å². The standard InChI is InChI=1S/C25H23N3O4S/c1-4-32-24(30)13-23-28(15-22(29)27-20-7-5-6-16(2)17(20)3)25(31)21(33-23)12-18-8-10-19(14-26)11-9-18/h5-13H,4,15H2,1-3H3,(H,27,29)/b21-12+,23-13-. The van der Waals surface area contributed by atoms with Crippen molar-refractivity contribution in [2.75, 3.05) is 11.9 Å². The van der Waals surface area contributed by atoms with Crippen molar-refractivity contribution >= 4 is 41.1 Å². The Labute approximate surface area is 194 Å². The Morgan fingerprint density at radius 2 is 1.91 bits per heavy atom. The summed E-state index contributed by atoms with van der Waals surface area (Å²) in [5, 5.41) is 11.8. The van der Waals surface area contributed by atoms with Gasteiger partial charge < -0.3 is 10.1 Å². The van der Waals surface area contributed by atoms with Crippen LogP contribution in [0.5, 0.6) is 0 Å². The van der Waals surface area contributed by atoms with E-state index in [1.165, 1.54) is 10.6 Å². The number of amides is 1. The number of nitrogens with zero attached hydrogens (tertiary/aromatic N) is 2. The molecule has 0 bridgehead atoms. The van der Waals surface area contributed by atoms with E-state index in [4.69, 9.17) is 10.00 Å². The van der Waals surface area contributed by atoms with Crippen LogP contribution < -0.4 is 20.1 Å². The zero-order valence-electron chi connectivity index (χ0n) is 18.5. The number of hydrogen-bond acceptors (Lipinski definition) is 6. The molecular formula is C25H23N3O4S. The summed E-state index contributed by atoms with van der Waals surface area (Å²) in [6, 6.07) is 14.4. The van der Waals surface area contributed by atoms with Gasteiger partial charge in [0.25, 0.3) is 5.56 Å².